The van der Waals surface area contributed by atoms with E-state index in [1.807, 2.05) is 45.3 Å². The fourth-order valence-corrected chi connectivity index (χ4v) is 10.2. The summed E-state index contributed by atoms with van der Waals surface area (Å²) in [5, 5.41) is 9.10. The zero-order valence-electron chi connectivity index (χ0n) is 26.8. The number of unbranched alkanes of at least 4 members (excludes halogenated alkanes) is 14. The van der Waals surface area contributed by atoms with Gasteiger partial charge in [-0.3, -0.25) is 0 Å². The number of rotatable bonds is 22. The number of hydrogen-bond acceptors (Lipinski definition) is 6. The van der Waals surface area contributed by atoms with Gasteiger partial charge in [0.1, 0.15) is 0 Å². The molecule has 2 nitrogen and oxygen atoms in total. The molecule has 1 aromatic carbocycles. The molecule has 0 atom stereocenters. The average molecular weight is 667 g/mol. The molecule has 0 saturated carbocycles. The molecule has 0 aliphatic heterocycles. The van der Waals surface area contributed by atoms with Crippen LogP contribution in [0, 0.1) is 0 Å². The molecular weight excluding hydrogens is 617 g/mol. The molecule has 0 bridgehead atoms. The highest BCUT2D eigenvalue weighted by Gasteiger charge is 2.21. The average Bonchev–Trinajstić information content (AvgIpc) is 3.83. The minimum Gasteiger partial charge on any atom is -0.490 e. The fraction of sp³-hybridized carbons (Fsp3) is 0.526. The Balaban J connectivity index is 1.34. The van der Waals surface area contributed by atoms with E-state index in [9.17, 15) is 0 Å². The van der Waals surface area contributed by atoms with Crippen LogP contribution < -0.4 is 9.47 Å². The van der Waals surface area contributed by atoms with E-state index in [2.05, 4.69) is 59.6 Å². The van der Waals surface area contributed by atoms with Gasteiger partial charge in [0.2, 0.25) is 0 Å². The highest BCUT2D eigenvalue weighted by atomic mass is 32.1. The van der Waals surface area contributed by atoms with Crippen LogP contribution in [0.5, 0.6) is 11.5 Å². The molecule has 44 heavy (non-hydrogen) atoms. The Morgan fingerprint density at radius 2 is 0.841 bits per heavy atom. The van der Waals surface area contributed by atoms with Crippen LogP contribution in [0.25, 0.3) is 41.1 Å². The highest BCUT2D eigenvalue weighted by Crippen LogP contribution is 2.49. The lowest BCUT2D eigenvalue weighted by atomic mass is 9.96. The molecule has 4 aromatic heterocycles. The first kappa shape index (κ1) is 33.5. The van der Waals surface area contributed by atoms with Gasteiger partial charge in [-0.2, -0.15) is 0 Å². The van der Waals surface area contributed by atoms with Crippen molar-refractivity contribution in [2.24, 2.45) is 0 Å². The van der Waals surface area contributed by atoms with Crippen molar-refractivity contribution in [2.75, 3.05) is 13.2 Å². The van der Waals surface area contributed by atoms with Gasteiger partial charge in [0.15, 0.2) is 11.5 Å². The Hall–Kier alpha value is -1.86. The first-order valence-corrected chi connectivity index (χ1v) is 20.7. The van der Waals surface area contributed by atoms with Gasteiger partial charge >= 0.3 is 0 Å². The summed E-state index contributed by atoms with van der Waals surface area (Å²) in [6.07, 6.45) is 20.8. The summed E-state index contributed by atoms with van der Waals surface area (Å²) in [7, 11) is 0. The molecule has 0 radical (unpaired) electrons. The number of hydrogen-bond donors (Lipinski definition) is 0. The number of thiophene rings is 4. The van der Waals surface area contributed by atoms with Gasteiger partial charge in [0.05, 0.1) is 22.6 Å². The first-order valence-electron chi connectivity index (χ1n) is 17.1. The summed E-state index contributed by atoms with van der Waals surface area (Å²) in [5.74, 6) is 1.81. The summed E-state index contributed by atoms with van der Waals surface area (Å²) in [4.78, 5) is 0. The van der Waals surface area contributed by atoms with Gasteiger partial charge in [-0.25, -0.2) is 0 Å². The molecule has 0 unspecified atom stereocenters. The van der Waals surface area contributed by atoms with Gasteiger partial charge in [-0.05, 0) is 59.0 Å². The van der Waals surface area contributed by atoms with Gasteiger partial charge in [-0.1, -0.05) is 104 Å². The minimum absolute atomic E-state index is 0.744. The highest BCUT2D eigenvalue weighted by molar-refractivity contribution is 7.27. The van der Waals surface area contributed by atoms with Gasteiger partial charge < -0.3 is 9.47 Å². The quantitative estimate of drug-likeness (QED) is 0.0684. The summed E-state index contributed by atoms with van der Waals surface area (Å²) >= 11 is 7.37. The van der Waals surface area contributed by atoms with Gasteiger partial charge in [-0.15, -0.1) is 45.3 Å². The normalized spacial score (nSPS) is 11.7. The fourth-order valence-electron chi connectivity index (χ4n) is 5.96. The van der Waals surface area contributed by atoms with Crippen molar-refractivity contribution in [3.05, 3.63) is 45.8 Å². The van der Waals surface area contributed by atoms with Crippen molar-refractivity contribution >= 4 is 64.1 Å². The van der Waals surface area contributed by atoms with Crippen molar-refractivity contribution in [2.45, 2.75) is 117 Å². The molecule has 0 saturated heterocycles. The SMILES string of the molecule is CCCCCCCCCCOc1cc(-c2csc3ccsc23)c(-c2csc3ccsc23)cc1OCCCCCCCCCC. The lowest BCUT2D eigenvalue weighted by Gasteiger charge is -2.18. The lowest BCUT2D eigenvalue weighted by Crippen LogP contribution is -2.04. The van der Waals surface area contributed by atoms with Crippen molar-refractivity contribution in [3.63, 3.8) is 0 Å². The van der Waals surface area contributed by atoms with Crippen LogP contribution in [0.4, 0.5) is 0 Å². The van der Waals surface area contributed by atoms with Crippen LogP contribution in [0.15, 0.2) is 45.8 Å². The Morgan fingerprint density at radius 1 is 0.455 bits per heavy atom. The second-order valence-electron chi connectivity index (χ2n) is 12.0. The molecule has 0 aliphatic carbocycles. The maximum absolute atomic E-state index is 6.58. The zero-order chi connectivity index (χ0) is 30.4. The van der Waals surface area contributed by atoms with E-state index in [1.165, 1.54) is 131 Å². The number of fused-ring (bicyclic) bond motifs is 2. The van der Waals surface area contributed by atoms with Crippen LogP contribution in [0.2, 0.25) is 0 Å². The molecule has 0 fully saturated rings. The largest absolute Gasteiger partial charge is 0.490 e. The predicted molar refractivity (Wildman–Crippen MR) is 200 cm³/mol. The Kier molecular flexibility index (Phi) is 14.0. The van der Waals surface area contributed by atoms with Crippen LogP contribution in [0.3, 0.4) is 0 Å². The minimum atomic E-state index is 0.744. The topological polar surface area (TPSA) is 18.5 Å². The maximum atomic E-state index is 6.58. The van der Waals surface area contributed by atoms with Crippen molar-refractivity contribution in [1.29, 1.82) is 0 Å². The van der Waals surface area contributed by atoms with E-state index in [0.29, 0.717) is 0 Å². The van der Waals surface area contributed by atoms with E-state index < -0.39 is 0 Å². The Labute approximate surface area is 281 Å². The second kappa shape index (κ2) is 18.3. The first-order chi connectivity index (χ1) is 21.8. The molecule has 0 spiro atoms. The Morgan fingerprint density at radius 3 is 1.25 bits per heavy atom. The van der Waals surface area contributed by atoms with Gasteiger partial charge in [0, 0.05) is 31.3 Å². The lowest BCUT2D eigenvalue weighted by molar-refractivity contribution is 0.258. The van der Waals surface area contributed by atoms with E-state index in [-0.39, 0.29) is 0 Å². The standard InChI is InChI=1S/C38H50O2S4/c1-3-5-7-9-11-13-15-17-21-39-33-25-29(31-27-43-35-19-23-41-37(31)35)30(32-28-44-36-20-24-42-38(32)36)26-34(33)40-22-18-16-14-12-10-8-6-4-2/h19-20,23-28H,3-18,21-22H2,1-2H3. The van der Waals surface area contributed by atoms with Crippen molar-refractivity contribution in [3.8, 4) is 33.8 Å². The molecular formula is C38H50O2S4. The third kappa shape index (κ3) is 9.11. The van der Waals surface area contributed by atoms with E-state index >= 15 is 0 Å². The molecule has 5 aromatic rings. The summed E-state index contributed by atoms with van der Waals surface area (Å²) < 4.78 is 18.6. The smallest absolute Gasteiger partial charge is 0.161 e. The van der Waals surface area contributed by atoms with Gasteiger partial charge in [0.25, 0.3) is 0 Å². The third-order valence-corrected chi connectivity index (χ3v) is 12.6. The van der Waals surface area contributed by atoms with Crippen LogP contribution in [-0.4, -0.2) is 13.2 Å². The van der Waals surface area contributed by atoms with E-state index in [4.69, 9.17) is 9.47 Å². The molecule has 6 heteroatoms. The van der Waals surface area contributed by atoms with E-state index in [1.54, 1.807) is 0 Å². The molecule has 0 amide bonds. The monoisotopic (exact) mass is 666 g/mol. The third-order valence-electron chi connectivity index (χ3n) is 8.53. The van der Waals surface area contributed by atoms with Crippen LogP contribution in [-0.2, 0) is 0 Å². The molecule has 0 aliphatic rings. The molecule has 5 rings (SSSR count). The summed E-state index contributed by atoms with van der Waals surface area (Å²) in [6.45, 7) is 6.06. The number of benzene rings is 1. The Bertz CT molecular complexity index is 1410. The predicted octanol–water partition coefficient (Wildman–Crippen LogP) is 14.6. The molecule has 4 heterocycles. The molecule has 0 N–H and O–H groups in total. The molecule has 238 valence electrons. The summed E-state index contributed by atoms with van der Waals surface area (Å²) in [6, 6.07) is 9.08. The maximum Gasteiger partial charge on any atom is 0.161 e. The zero-order valence-corrected chi connectivity index (χ0v) is 30.1. The van der Waals surface area contributed by atoms with E-state index in [0.717, 1.165) is 37.6 Å². The summed E-state index contributed by atoms with van der Waals surface area (Å²) in [5.41, 5.74) is 5.16. The number of ether oxygens (including phenoxy) is 2. The van der Waals surface area contributed by atoms with Crippen LogP contribution >= 0.6 is 45.3 Å². The van der Waals surface area contributed by atoms with Crippen LogP contribution in [0.1, 0.15) is 117 Å². The van der Waals surface area contributed by atoms with Crippen molar-refractivity contribution in [1.82, 2.24) is 0 Å². The second-order valence-corrected chi connectivity index (χ2v) is 15.7. The van der Waals surface area contributed by atoms with Crippen molar-refractivity contribution < 1.29 is 9.47 Å².